The molecule has 0 radical (unpaired) electrons. The van der Waals surface area contributed by atoms with Gasteiger partial charge in [-0.05, 0) is 44.2 Å². The third kappa shape index (κ3) is 1.67. The third-order valence-electron chi connectivity index (χ3n) is 4.69. The summed E-state index contributed by atoms with van der Waals surface area (Å²) in [4.78, 5) is 2.47. The van der Waals surface area contributed by atoms with Crippen LogP contribution in [0.15, 0.2) is 0 Å². The minimum Gasteiger partial charge on any atom is -0.285 e. The van der Waals surface area contributed by atoms with Crippen LogP contribution in [0.25, 0.3) is 0 Å². The molecule has 1 aliphatic carbocycles. The summed E-state index contributed by atoms with van der Waals surface area (Å²) >= 11 is 0. The van der Waals surface area contributed by atoms with Gasteiger partial charge in [-0.25, -0.2) is 0 Å². The Morgan fingerprint density at radius 1 is 1.20 bits per heavy atom. The molecule has 2 nitrogen and oxygen atoms in total. The van der Waals surface area contributed by atoms with Crippen LogP contribution >= 0.6 is 0 Å². The maximum atomic E-state index is 9.60. The van der Waals surface area contributed by atoms with Crippen LogP contribution in [0.4, 0.5) is 0 Å². The first-order valence-electron chi connectivity index (χ1n) is 6.37. The molecule has 0 N–H and O–H groups in total. The maximum absolute atomic E-state index is 9.60. The molecule has 1 heterocycles. The molecule has 2 heteroatoms. The summed E-state index contributed by atoms with van der Waals surface area (Å²) in [5.41, 5.74) is -0.131. The van der Waals surface area contributed by atoms with Gasteiger partial charge in [0, 0.05) is 0 Å². The van der Waals surface area contributed by atoms with Gasteiger partial charge < -0.3 is 0 Å². The van der Waals surface area contributed by atoms with Crippen molar-refractivity contribution < 1.29 is 0 Å². The highest BCUT2D eigenvalue weighted by Crippen LogP contribution is 2.42. The Labute approximate surface area is 93.3 Å². The molecule has 1 saturated heterocycles. The monoisotopic (exact) mass is 206 g/mol. The lowest BCUT2D eigenvalue weighted by Crippen LogP contribution is -2.54. The Morgan fingerprint density at radius 3 is 2.47 bits per heavy atom. The van der Waals surface area contributed by atoms with Crippen LogP contribution in [0, 0.1) is 23.2 Å². The number of nitriles is 1. The Kier molecular flexibility index (Phi) is 3.02. The molecule has 84 valence electrons. The molecule has 0 spiro atoms. The van der Waals surface area contributed by atoms with E-state index in [4.69, 9.17) is 0 Å². The Bertz CT molecular complexity index is 258. The van der Waals surface area contributed by atoms with Gasteiger partial charge in [0.2, 0.25) is 0 Å². The van der Waals surface area contributed by atoms with Crippen LogP contribution in [-0.4, -0.2) is 23.5 Å². The lowest BCUT2D eigenvalue weighted by atomic mass is 9.68. The predicted molar refractivity (Wildman–Crippen MR) is 61.3 cm³/mol. The largest absolute Gasteiger partial charge is 0.285 e. The summed E-state index contributed by atoms with van der Waals surface area (Å²) in [6, 6.07) is 2.67. The van der Waals surface area contributed by atoms with Gasteiger partial charge in [-0.3, -0.25) is 4.90 Å². The summed E-state index contributed by atoms with van der Waals surface area (Å²) in [6.45, 7) is 6.88. The summed E-state index contributed by atoms with van der Waals surface area (Å²) < 4.78 is 0. The van der Waals surface area contributed by atoms with E-state index in [0.717, 1.165) is 19.5 Å². The van der Waals surface area contributed by atoms with E-state index >= 15 is 0 Å². The molecule has 2 rings (SSSR count). The molecule has 2 fully saturated rings. The summed E-state index contributed by atoms with van der Waals surface area (Å²) in [7, 11) is 0. The van der Waals surface area contributed by atoms with E-state index in [9.17, 15) is 5.26 Å². The normalized spacial score (nSPS) is 42.7. The van der Waals surface area contributed by atoms with Gasteiger partial charge in [0.15, 0.2) is 0 Å². The number of hydrogen-bond acceptors (Lipinski definition) is 2. The van der Waals surface area contributed by atoms with Crippen molar-refractivity contribution in [2.75, 3.05) is 13.1 Å². The van der Waals surface area contributed by atoms with Crippen LogP contribution in [0.2, 0.25) is 0 Å². The molecule has 1 aliphatic heterocycles. The van der Waals surface area contributed by atoms with Crippen molar-refractivity contribution in [2.24, 2.45) is 11.8 Å². The van der Waals surface area contributed by atoms with Crippen molar-refractivity contribution in [3.05, 3.63) is 0 Å². The van der Waals surface area contributed by atoms with Gasteiger partial charge in [-0.15, -0.1) is 0 Å². The SMILES string of the molecule is CC1CCCC(C#N)(N2CCCC2)C1C. The highest BCUT2D eigenvalue weighted by molar-refractivity contribution is 5.14. The fourth-order valence-electron chi connectivity index (χ4n) is 3.43. The lowest BCUT2D eigenvalue weighted by Gasteiger charge is -2.46. The van der Waals surface area contributed by atoms with E-state index < -0.39 is 0 Å². The third-order valence-corrected chi connectivity index (χ3v) is 4.69. The van der Waals surface area contributed by atoms with Crippen molar-refractivity contribution in [3.63, 3.8) is 0 Å². The quantitative estimate of drug-likeness (QED) is 0.659. The zero-order chi connectivity index (χ0) is 10.9. The van der Waals surface area contributed by atoms with E-state index in [1.165, 1.54) is 25.7 Å². The average molecular weight is 206 g/mol. The van der Waals surface area contributed by atoms with Crippen LogP contribution in [0.3, 0.4) is 0 Å². The molecule has 0 amide bonds. The molecule has 0 bridgehead atoms. The van der Waals surface area contributed by atoms with Crippen molar-refractivity contribution >= 4 is 0 Å². The summed E-state index contributed by atoms with van der Waals surface area (Å²) in [6.07, 6.45) is 6.19. The topological polar surface area (TPSA) is 27.0 Å². The highest BCUT2D eigenvalue weighted by atomic mass is 15.2. The summed E-state index contributed by atoms with van der Waals surface area (Å²) in [5.74, 6) is 1.24. The lowest BCUT2D eigenvalue weighted by molar-refractivity contribution is 0.0435. The summed E-state index contributed by atoms with van der Waals surface area (Å²) in [5, 5.41) is 9.60. The molecule has 3 atom stereocenters. The van der Waals surface area contributed by atoms with E-state index in [-0.39, 0.29) is 5.54 Å². The van der Waals surface area contributed by atoms with Crippen LogP contribution in [0.5, 0.6) is 0 Å². The zero-order valence-corrected chi connectivity index (χ0v) is 10.00. The first-order chi connectivity index (χ1) is 7.20. The number of hydrogen-bond donors (Lipinski definition) is 0. The fraction of sp³-hybridized carbons (Fsp3) is 0.923. The second-order valence-corrected chi connectivity index (χ2v) is 5.39. The Hall–Kier alpha value is -0.550. The predicted octanol–water partition coefficient (Wildman–Crippen LogP) is 2.80. The van der Waals surface area contributed by atoms with Crippen molar-refractivity contribution in [3.8, 4) is 6.07 Å². The van der Waals surface area contributed by atoms with Gasteiger partial charge >= 0.3 is 0 Å². The van der Waals surface area contributed by atoms with Crippen LogP contribution in [0.1, 0.15) is 46.0 Å². The van der Waals surface area contributed by atoms with Gasteiger partial charge in [0.05, 0.1) is 6.07 Å². The molecule has 15 heavy (non-hydrogen) atoms. The first-order valence-corrected chi connectivity index (χ1v) is 6.37. The minimum absolute atomic E-state index is 0.131. The molecule has 1 saturated carbocycles. The second-order valence-electron chi connectivity index (χ2n) is 5.39. The standard InChI is InChI=1S/C13H22N2/c1-11-6-5-7-13(10-14,12(11)2)15-8-3-4-9-15/h11-12H,3-9H2,1-2H3. The Morgan fingerprint density at radius 2 is 1.87 bits per heavy atom. The van der Waals surface area contributed by atoms with Crippen molar-refractivity contribution in [2.45, 2.75) is 51.5 Å². The Balaban J connectivity index is 2.22. The van der Waals surface area contributed by atoms with E-state index in [1.54, 1.807) is 0 Å². The van der Waals surface area contributed by atoms with E-state index in [0.29, 0.717) is 11.8 Å². The van der Waals surface area contributed by atoms with Crippen LogP contribution < -0.4 is 0 Å². The molecular formula is C13H22N2. The fourth-order valence-corrected chi connectivity index (χ4v) is 3.43. The van der Waals surface area contributed by atoms with Gasteiger partial charge in [0.25, 0.3) is 0 Å². The number of rotatable bonds is 1. The minimum atomic E-state index is -0.131. The first kappa shape index (κ1) is 11.0. The van der Waals surface area contributed by atoms with Gasteiger partial charge in [0.1, 0.15) is 5.54 Å². The average Bonchev–Trinajstić information content (AvgIpc) is 2.76. The van der Waals surface area contributed by atoms with Crippen molar-refractivity contribution in [1.82, 2.24) is 4.90 Å². The molecule has 3 unspecified atom stereocenters. The number of nitrogens with zero attached hydrogens (tertiary/aromatic N) is 2. The van der Waals surface area contributed by atoms with E-state index in [1.807, 2.05) is 0 Å². The smallest absolute Gasteiger partial charge is 0.112 e. The van der Waals surface area contributed by atoms with E-state index in [2.05, 4.69) is 24.8 Å². The molecular weight excluding hydrogens is 184 g/mol. The van der Waals surface area contributed by atoms with Gasteiger partial charge in [-0.2, -0.15) is 5.26 Å². The maximum Gasteiger partial charge on any atom is 0.112 e. The molecule has 0 aromatic carbocycles. The van der Waals surface area contributed by atoms with Crippen molar-refractivity contribution in [1.29, 1.82) is 5.26 Å². The molecule has 0 aromatic heterocycles. The zero-order valence-electron chi connectivity index (χ0n) is 10.00. The highest BCUT2D eigenvalue weighted by Gasteiger charge is 2.46. The number of likely N-dealkylation sites (tertiary alicyclic amines) is 1. The van der Waals surface area contributed by atoms with Gasteiger partial charge in [-0.1, -0.05) is 26.7 Å². The second kappa shape index (κ2) is 4.14. The molecule has 2 aliphatic rings. The van der Waals surface area contributed by atoms with Crippen LogP contribution in [-0.2, 0) is 0 Å². The molecule has 0 aromatic rings.